The largest absolute Gasteiger partial charge is 0.379 e. The summed E-state index contributed by atoms with van der Waals surface area (Å²) in [5.74, 6) is 0.421. The van der Waals surface area contributed by atoms with E-state index in [-0.39, 0.29) is 23.5 Å². The van der Waals surface area contributed by atoms with E-state index in [9.17, 15) is 13.2 Å². The number of rotatable bonds is 6. The summed E-state index contributed by atoms with van der Waals surface area (Å²) in [6, 6.07) is -0.118. The predicted molar refractivity (Wildman–Crippen MR) is 80.9 cm³/mol. The molecule has 122 valence electrons. The van der Waals surface area contributed by atoms with Gasteiger partial charge in [-0.05, 0) is 12.8 Å². The normalized spacial score (nSPS) is 25.9. The molecule has 0 aromatic carbocycles. The number of morpholine rings is 1. The highest BCUT2D eigenvalue weighted by Crippen LogP contribution is 2.19. The lowest BCUT2D eigenvalue weighted by atomic mass is 10.2. The van der Waals surface area contributed by atoms with Crippen LogP contribution < -0.4 is 0 Å². The van der Waals surface area contributed by atoms with E-state index in [1.165, 1.54) is 0 Å². The minimum Gasteiger partial charge on any atom is -0.379 e. The van der Waals surface area contributed by atoms with Crippen molar-refractivity contribution in [2.75, 3.05) is 50.9 Å². The van der Waals surface area contributed by atoms with Crippen LogP contribution in [0, 0.1) is 0 Å². The molecule has 0 bridgehead atoms. The zero-order valence-corrected chi connectivity index (χ0v) is 13.6. The summed E-state index contributed by atoms with van der Waals surface area (Å²) in [5, 5.41) is 0. The summed E-state index contributed by atoms with van der Waals surface area (Å²) in [4.78, 5) is 16.2. The Morgan fingerprint density at radius 3 is 2.62 bits per heavy atom. The third kappa shape index (κ3) is 4.93. The molecule has 2 fully saturated rings. The van der Waals surface area contributed by atoms with E-state index >= 15 is 0 Å². The van der Waals surface area contributed by atoms with Gasteiger partial charge >= 0.3 is 0 Å². The second kappa shape index (κ2) is 7.56. The van der Waals surface area contributed by atoms with Gasteiger partial charge in [0.2, 0.25) is 5.91 Å². The quantitative estimate of drug-likeness (QED) is 0.697. The fourth-order valence-corrected chi connectivity index (χ4v) is 4.76. The van der Waals surface area contributed by atoms with Gasteiger partial charge in [-0.2, -0.15) is 0 Å². The van der Waals surface area contributed by atoms with Gasteiger partial charge in [0.15, 0.2) is 9.84 Å². The molecule has 1 amide bonds. The number of hydrogen-bond acceptors (Lipinski definition) is 5. The molecule has 21 heavy (non-hydrogen) atoms. The van der Waals surface area contributed by atoms with Crippen LogP contribution in [0.25, 0.3) is 0 Å². The Bertz CT molecular complexity index is 446. The zero-order valence-electron chi connectivity index (χ0n) is 12.8. The Hall–Kier alpha value is -0.660. The number of carbonyl (C=O) groups is 1. The fraction of sp³-hybridized carbons (Fsp3) is 0.929. The molecule has 0 radical (unpaired) electrons. The first kappa shape index (κ1) is 16.7. The first-order chi connectivity index (χ1) is 10.0. The monoisotopic (exact) mass is 318 g/mol. The first-order valence-electron chi connectivity index (χ1n) is 7.82. The van der Waals surface area contributed by atoms with E-state index in [0.29, 0.717) is 19.4 Å². The van der Waals surface area contributed by atoms with Crippen LogP contribution in [-0.2, 0) is 19.4 Å². The van der Waals surface area contributed by atoms with Crippen molar-refractivity contribution in [1.82, 2.24) is 9.80 Å². The fourth-order valence-electron chi connectivity index (χ4n) is 3.02. The molecule has 0 saturated carbocycles. The molecule has 0 aromatic heterocycles. The zero-order chi connectivity index (χ0) is 15.3. The van der Waals surface area contributed by atoms with Crippen molar-refractivity contribution in [2.24, 2.45) is 0 Å². The molecule has 1 atom stereocenters. The van der Waals surface area contributed by atoms with Crippen molar-refractivity contribution in [3.05, 3.63) is 0 Å². The highest BCUT2D eigenvalue weighted by Gasteiger charge is 2.33. The molecule has 2 heterocycles. The Balaban J connectivity index is 1.83. The lowest BCUT2D eigenvalue weighted by Crippen LogP contribution is -2.43. The van der Waals surface area contributed by atoms with Crippen LogP contribution in [0.15, 0.2) is 0 Å². The number of ether oxygens (including phenoxy) is 1. The Morgan fingerprint density at radius 1 is 1.33 bits per heavy atom. The molecule has 2 aliphatic rings. The van der Waals surface area contributed by atoms with Crippen LogP contribution in [0.3, 0.4) is 0 Å². The van der Waals surface area contributed by atoms with Crippen LogP contribution in [0.1, 0.15) is 26.2 Å². The maximum atomic E-state index is 12.1. The van der Waals surface area contributed by atoms with Crippen molar-refractivity contribution in [2.45, 2.75) is 32.2 Å². The second-order valence-electron chi connectivity index (χ2n) is 5.81. The summed E-state index contributed by atoms with van der Waals surface area (Å²) in [6.07, 6.45) is 1.92. The van der Waals surface area contributed by atoms with E-state index in [0.717, 1.165) is 39.3 Å². The van der Waals surface area contributed by atoms with Gasteiger partial charge in [0, 0.05) is 38.6 Å². The topological polar surface area (TPSA) is 66.9 Å². The minimum absolute atomic E-state index is 0.0686. The summed E-state index contributed by atoms with van der Waals surface area (Å²) >= 11 is 0. The average molecular weight is 318 g/mol. The van der Waals surface area contributed by atoms with E-state index in [1.807, 2.05) is 6.92 Å². The molecule has 0 N–H and O–H groups in total. The SMILES string of the molecule is CCC(=O)N(CCCN1CCOCC1)C1CCS(=O)(=O)C1. The molecule has 2 saturated heterocycles. The van der Waals surface area contributed by atoms with Crippen molar-refractivity contribution < 1.29 is 17.9 Å². The standard InChI is InChI=1S/C14H26N2O4S/c1-2-14(17)16(13-4-11-21(18,19)12-13)6-3-5-15-7-9-20-10-8-15/h13H,2-12H2,1H3. The third-order valence-electron chi connectivity index (χ3n) is 4.25. The van der Waals surface area contributed by atoms with E-state index in [2.05, 4.69) is 4.90 Å². The number of hydrogen-bond donors (Lipinski definition) is 0. The maximum Gasteiger partial charge on any atom is 0.222 e. The maximum absolute atomic E-state index is 12.1. The summed E-state index contributed by atoms with van der Waals surface area (Å²) in [6.45, 7) is 6.87. The smallest absolute Gasteiger partial charge is 0.222 e. The number of amides is 1. The lowest BCUT2D eigenvalue weighted by molar-refractivity contribution is -0.132. The predicted octanol–water partition coefficient (Wildman–Crippen LogP) is 0.134. The van der Waals surface area contributed by atoms with Crippen LogP contribution in [0.4, 0.5) is 0 Å². The van der Waals surface area contributed by atoms with Crippen LogP contribution in [0.2, 0.25) is 0 Å². The highest BCUT2D eigenvalue weighted by atomic mass is 32.2. The van der Waals surface area contributed by atoms with Crippen molar-refractivity contribution in [3.63, 3.8) is 0 Å². The highest BCUT2D eigenvalue weighted by molar-refractivity contribution is 7.91. The van der Waals surface area contributed by atoms with E-state index in [4.69, 9.17) is 4.74 Å². The van der Waals surface area contributed by atoms with Crippen LogP contribution in [0.5, 0.6) is 0 Å². The van der Waals surface area contributed by atoms with Gasteiger partial charge in [-0.25, -0.2) is 8.42 Å². The van der Waals surface area contributed by atoms with E-state index < -0.39 is 9.84 Å². The number of carbonyl (C=O) groups excluding carboxylic acids is 1. The van der Waals surface area contributed by atoms with Crippen LogP contribution >= 0.6 is 0 Å². The molecule has 0 aliphatic carbocycles. The molecule has 2 rings (SSSR count). The first-order valence-corrected chi connectivity index (χ1v) is 9.64. The number of sulfone groups is 1. The molecule has 2 aliphatic heterocycles. The van der Waals surface area contributed by atoms with Gasteiger partial charge < -0.3 is 9.64 Å². The Kier molecular flexibility index (Phi) is 6.01. The molecular weight excluding hydrogens is 292 g/mol. The van der Waals surface area contributed by atoms with Gasteiger partial charge in [0.1, 0.15) is 0 Å². The Morgan fingerprint density at radius 2 is 2.05 bits per heavy atom. The van der Waals surface area contributed by atoms with Gasteiger partial charge in [-0.3, -0.25) is 9.69 Å². The summed E-state index contributed by atoms with van der Waals surface area (Å²) in [7, 11) is -2.95. The lowest BCUT2D eigenvalue weighted by Gasteiger charge is -2.30. The third-order valence-corrected chi connectivity index (χ3v) is 6.00. The molecular formula is C14H26N2O4S. The van der Waals surface area contributed by atoms with Gasteiger partial charge in [0.25, 0.3) is 0 Å². The minimum atomic E-state index is -2.95. The molecule has 6 nitrogen and oxygen atoms in total. The van der Waals surface area contributed by atoms with Gasteiger partial charge in [0.05, 0.1) is 24.7 Å². The van der Waals surface area contributed by atoms with Crippen molar-refractivity contribution >= 4 is 15.7 Å². The molecule has 1 unspecified atom stereocenters. The summed E-state index contributed by atoms with van der Waals surface area (Å²) < 4.78 is 28.5. The molecule has 0 aromatic rings. The van der Waals surface area contributed by atoms with Crippen LogP contribution in [-0.4, -0.2) is 81.1 Å². The van der Waals surface area contributed by atoms with Crippen molar-refractivity contribution in [1.29, 1.82) is 0 Å². The summed E-state index contributed by atoms with van der Waals surface area (Å²) in [5.41, 5.74) is 0. The Labute approximate surface area is 127 Å². The van der Waals surface area contributed by atoms with Gasteiger partial charge in [-0.1, -0.05) is 6.92 Å². The van der Waals surface area contributed by atoms with Gasteiger partial charge in [-0.15, -0.1) is 0 Å². The molecule has 0 spiro atoms. The van der Waals surface area contributed by atoms with Crippen molar-refractivity contribution in [3.8, 4) is 0 Å². The second-order valence-corrected chi connectivity index (χ2v) is 8.03. The molecule has 7 heteroatoms. The van der Waals surface area contributed by atoms with E-state index in [1.54, 1.807) is 4.90 Å². The number of nitrogens with zero attached hydrogens (tertiary/aromatic N) is 2. The average Bonchev–Trinajstić information content (AvgIpc) is 2.84.